The van der Waals surface area contributed by atoms with Gasteiger partial charge in [-0.05, 0) is 37.6 Å². The summed E-state index contributed by atoms with van der Waals surface area (Å²) in [5, 5.41) is 9.80. The van der Waals surface area contributed by atoms with E-state index < -0.39 is 0 Å². The van der Waals surface area contributed by atoms with E-state index in [1.54, 1.807) is 23.1 Å². The third-order valence-electron chi connectivity index (χ3n) is 3.37. The van der Waals surface area contributed by atoms with E-state index in [-0.39, 0.29) is 24.7 Å². The minimum atomic E-state index is -0.298. The first kappa shape index (κ1) is 14.3. The zero-order valence-corrected chi connectivity index (χ0v) is 11.9. The van der Waals surface area contributed by atoms with E-state index in [0.717, 1.165) is 5.56 Å². The lowest BCUT2D eigenvalue weighted by molar-refractivity contribution is -0.0667. The van der Waals surface area contributed by atoms with Crippen molar-refractivity contribution in [3.63, 3.8) is 0 Å². The molecule has 1 aromatic carbocycles. The summed E-state index contributed by atoms with van der Waals surface area (Å²) in [5.74, 6) is -0.0472. The average molecular weight is 284 g/mol. The number of aliphatic hydroxyl groups is 1. The van der Waals surface area contributed by atoms with Gasteiger partial charge in [-0.25, -0.2) is 0 Å². The minimum Gasteiger partial charge on any atom is -0.394 e. The average Bonchev–Trinajstić information content (AvgIpc) is 2.41. The Labute approximate surface area is 117 Å². The molecule has 104 valence electrons. The quantitative estimate of drug-likeness (QED) is 0.901. The van der Waals surface area contributed by atoms with Crippen LogP contribution in [-0.2, 0) is 4.74 Å². The van der Waals surface area contributed by atoms with Crippen molar-refractivity contribution in [2.45, 2.75) is 26.0 Å². The van der Waals surface area contributed by atoms with Crippen molar-refractivity contribution in [2.24, 2.45) is 0 Å². The van der Waals surface area contributed by atoms with E-state index in [4.69, 9.17) is 21.4 Å². The normalized spacial score (nSPS) is 23.5. The molecule has 2 atom stereocenters. The zero-order valence-electron chi connectivity index (χ0n) is 11.1. The second-order valence-electron chi connectivity index (χ2n) is 4.91. The van der Waals surface area contributed by atoms with Crippen LogP contribution in [0.1, 0.15) is 22.8 Å². The van der Waals surface area contributed by atoms with Crippen molar-refractivity contribution in [3.8, 4) is 0 Å². The van der Waals surface area contributed by atoms with Gasteiger partial charge in [-0.2, -0.15) is 0 Å². The van der Waals surface area contributed by atoms with Crippen LogP contribution in [-0.4, -0.2) is 47.8 Å². The number of amides is 1. The standard InChI is InChI=1S/C14H18ClNO3/c1-9-5-11(3-4-13(9)15)14(18)16-6-12(7-17)19-8-10(16)2/h3-5,10,12,17H,6-8H2,1-2H3. The molecule has 4 nitrogen and oxygen atoms in total. The molecular weight excluding hydrogens is 266 g/mol. The molecular formula is C14H18ClNO3. The zero-order chi connectivity index (χ0) is 14.0. The molecule has 0 radical (unpaired) electrons. The van der Waals surface area contributed by atoms with Crippen LogP contribution in [0.3, 0.4) is 0 Å². The third-order valence-corrected chi connectivity index (χ3v) is 3.80. The summed E-state index contributed by atoms with van der Waals surface area (Å²) in [5.41, 5.74) is 1.50. The van der Waals surface area contributed by atoms with Gasteiger partial charge in [-0.15, -0.1) is 0 Å². The molecule has 2 unspecified atom stereocenters. The van der Waals surface area contributed by atoms with Gasteiger partial charge in [0.1, 0.15) is 0 Å². The summed E-state index contributed by atoms with van der Waals surface area (Å²) in [7, 11) is 0. The first-order valence-electron chi connectivity index (χ1n) is 6.32. The maximum atomic E-state index is 12.5. The Hall–Kier alpha value is -1.10. The molecule has 1 heterocycles. The summed E-state index contributed by atoms with van der Waals surface area (Å²) in [6, 6.07) is 5.26. The molecule has 1 fully saturated rings. The Morgan fingerprint density at radius 1 is 1.58 bits per heavy atom. The van der Waals surface area contributed by atoms with Gasteiger partial charge in [0.15, 0.2) is 0 Å². The van der Waals surface area contributed by atoms with Crippen molar-refractivity contribution < 1.29 is 14.6 Å². The molecule has 1 aromatic rings. The van der Waals surface area contributed by atoms with Crippen molar-refractivity contribution in [1.82, 2.24) is 4.90 Å². The molecule has 0 bridgehead atoms. The first-order valence-corrected chi connectivity index (χ1v) is 6.70. The number of aliphatic hydroxyl groups excluding tert-OH is 1. The number of hydrogen-bond acceptors (Lipinski definition) is 3. The second-order valence-corrected chi connectivity index (χ2v) is 5.32. The topological polar surface area (TPSA) is 49.8 Å². The predicted octanol–water partition coefficient (Wildman–Crippen LogP) is 1.87. The van der Waals surface area contributed by atoms with Crippen LogP contribution >= 0.6 is 11.6 Å². The number of carbonyl (C=O) groups excluding carboxylic acids is 1. The lowest BCUT2D eigenvalue weighted by atomic mass is 10.1. The van der Waals surface area contributed by atoms with Gasteiger partial charge in [-0.1, -0.05) is 11.6 Å². The van der Waals surface area contributed by atoms with Crippen molar-refractivity contribution in [3.05, 3.63) is 34.3 Å². The van der Waals surface area contributed by atoms with Crippen LogP contribution < -0.4 is 0 Å². The van der Waals surface area contributed by atoms with E-state index in [9.17, 15) is 4.79 Å². The highest BCUT2D eigenvalue weighted by Gasteiger charge is 2.29. The lowest BCUT2D eigenvalue weighted by Crippen LogP contribution is -2.52. The van der Waals surface area contributed by atoms with Gasteiger partial charge in [0.2, 0.25) is 0 Å². The fourth-order valence-corrected chi connectivity index (χ4v) is 2.27. The molecule has 1 N–H and O–H groups in total. The molecule has 1 aliphatic heterocycles. The third kappa shape index (κ3) is 3.08. The summed E-state index contributed by atoms with van der Waals surface area (Å²) in [6.07, 6.45) is -0.298. The summed E-state index contributed by atoms with van der Waals surface area (Å²) < 4.78 is 5.43. The van der Waals surface area contributed by atoms with E-state index >= 15 is 0 Å². The van der Waals surface area contributed by atoms with Crippen molar-refractivity contribution >= 4 is 17.5 Å². The Kier molecular flexibility index (Phi) is 4.45. The monoisotopic (exact) mass is 283 g/mol. The number of hydrogen-bond donors (Lipinski definition) is 1. The maximum absolute atomic E-state index is 12.5. The van der Waals surface area contributed by atoms with Gasteiger partial charge in [-0.3, -0.25) is 4.79 Å². The van der Waals surface area contributed by atoms with E-state index in [2.05, 4.69) is 0 Å². The van der Waals surface area contributed by atoms with Gasteiger partial charge in [0.25, 0.3) is 5.91 Å². The number of benzene rings is 1. The molecule has 0 aliphatic carbocycles. The molecule has 1 aliphatic rings. The Balaban J connectivity index is 2.19. The van der Waals surface area contributed by atoms with Crippen LogP contribution in [0.25, 0.3) is 0 Å². The molecule has 0 aromatic heterocycles. The fraction of sp³-hybridized carbons (Fsp3) is 0.500. The smallest absolute Gasteiger partial charge is 0.254 e. The Bertz CT molecular complexity index is 478. The van der Waals surface area contributed by atoms with Crippen molar-refractivity contribution in [1.29, 1.82) is 0 Å². The van der Waals surface area contributed by atoms with E-state index in [1.807, 2.05) is 13.8 Å². The number of halogens is 1. The summed E-state index contributed by atoms with van der Waals surface area (Å²) in [4.78, 5) is 14.2. The molecule has 1 amide bonds. The van der Waals surface area contributed by atoms with Crippen molar-refractivity contribution in [2.75, 3.05) is 19.8 Å². The van der Waals surface area contributed by atoms with Crippen LogP contribution in [0.15, 0.2) is 18.2 Å². The molecule has 0 saturated carbocycles. The van der Waals surface area contributed by atoms with Gasteiger partial charge in [0.05, 0.1) is 25.4 Å². The molecule has 1 saturated heterocycles. The fourth-order valence-electron chi connectivity index (χ4n) is 2.15. The molecule has 2 rings (SSSR count). The maximum Gasteiger partial charge on any atom is 0.254 e. The number of ether oxygens (including phenoxy) is 1. The number of carbonyl (C=O) groups is 1. The van der Waals surface area contributed by atoms with E-state index in [0.29, 0.717) is 23.7 Å². The highest BCUT2D eigenvalue weighted by atomic mass is 35.5. The van der Waals surface area contributed by atoms with E-state index in [1.165, 1.54) is 0 Å². The first-order chi connectivity index (χ1) is 9.02. The number of aryl methyl sites for hydroxylation is 1. The Morgan fingerprint density at radius 3 is 2.95 bits per heavy atom. The van der Waals surface area contributed by atoms with Crippen LogP contribution in [0.5, 0.6) is 0 Å². The SMILES string of the molecule is Cc1cc(C(=O)N2CC(CO)OCC2C)ccc1Cl. The highest BCUT2D eigenvalue weighted by molar-refractivity contribution is 6.31. The molecule has 0 spiro atoms. The van der Waals surface area contributed by atoms with Gasteiger partial charge in [0, 0.05) is 17.1 Å². The predicted molar refractivity (Wildman–Crippen MR) is 73.5 cm³/mol. The number of nitrogens with zero attached hydrogens (tertiary/aromatic N) is 1. The lowest BCUT2D eigenvalue weighted by Gasteiger charge is -2.37. The van der Waals surface area contributed by atoms with Gasteiger partial charge >= 0.3 is 0 Å². The summed E-state index contributed by atoms with van der Waals surface area (Å²) in [6.45, 7) is 4.60. The van der Waals surface area contributed by atoms with Crippen LogP contribution in [0, 0.1) is 6.92 Å². The van der Waals surface area contributed by atoms with Crippen LogP contribution in [0.4, 0.5) is 0 Å². The minimum absolute atomic E-state index is 0.00582. The molecule has 19 heavy (non-hydrogen) atoms. The largest absolute Gasteiger partial charge is 0.394 e. The van der Waals surface area contributed by atoms with Gasteiger partial charge < -0.3 is 14.7 Å². The second kappa shape index (κ2) is 5.90. The Morgan fingerprint density at radius 2 is 2.32 bits per heavy atom. The number of morpholine rings is 1. The highest BCUT2D eigenvalue weighted by Crippen LogP contribution is 2.20. The number of rotatable bonds is 2. The van der Waals surface area contributed by atoms with Crippen LogP contribution in [0.2, 0.25) is 5.02 Å². The molecule has 5 heteroatoms. The summed E-state index contributed by atoms with van der Waals surface area (Å²) >= 11 is 5.97.